The molecule has 6 rings (SSSR count). The van der Waals surface area contributed by atoms with Gasteiger partial charge < -0.3 is 19.9 Å². The molecule has 2 atom stereocenters. The van der Waals surface area contributed by atoms with Gasteiger partial charge in [-0.3, -0.25) is 9.59 Å². The van der Waals surface area contributed by atoms with Crippen molar-refractivity contribution in [2.45, 2.75) is 31.8 Å². The van der Waals surface area contributed by atoms with Crippen LogP contribution < -0.4 is 15.0 Å². The summed E-state index contributed by atoms with van der Waals surface area (Å²) in [5, 5.41) is 3.99. The van der Waals surface area contributed by atoms with Crippen LogP contribution in [0.4, 0.5) is 10.5 Å². The van der Waals surface area contributed by atoms with Gasteiger partial charge in [0, 0.05) is 23.0 Å². The summed E-state index contributed by atoms with van der Waals surface area (Å²) < 4.78 is 5.40. The highest BCUT2D eigenvalue weighted by molar-refractivity contribution is 6.23. The van der Waals surface area contributed by atoms with Gasteiger partial charge in [0.05, 0.1) is 24.5 Å². The molecule has 0 spiro atoms. The lowest BCUT2D eigenvalue weighted by Crippen LogP contribution is -2.49. The van der Waals surface area contributed by atoms with Crippen molar-refractivity contribution in [3.63, 3.8) is 0 Å². The Morgan fingerprint density at radius 2 is 1.79 bits per heavy atom. The number of ether oxygens (including phenoxy) is 1. The Morgan fingerprint density at radius 3 is 2.50 bits per heavy atom. The van der Waals surface area contributed by atoms with Crippen LogP contribution in [-0.4, -0.2) is 41.4 Å². The van der Waals surface area contributed by atoms with E-state index in [0.717, 1.165) is 33.5 Å². The topological polar surface area (TPSA) is 94.7 Å². The summed E-state index contributed by atoms with van der Waals surface area (Å²) in [6, 6.07) is 21.5. The van der Waals surface area contributed by atoms with Gasteiger partial charge in [-0.25, -0.2) is 9.69 Å². The van der Waals surface area contributed by atoms with Crippen LogP contribution >= 0.6 is 0 Å². The minimum absolute atomic E-state index is 0.161. The number of fused-ring (bicyclic) bond motifs is 5. The van der Waals surface area contributed by atoms with Crippen molar-refractivity contribution in [2.75, 3.05) is 18.6 Å². The molecule has 0 radical (unpaired) electrons. The number of nitrogens with one attached hydrogen (secondary N) is 2. The number of methoxy groups -OCH3 is 1. The minimum Gasteiger partial charge on any atom is -0.497 e. The first kappa shape index (κ1) is 23.8. The Kier molecular flexibility index (Phi) is 5.48. The van der Waals surface area contributed by atoms with Crippen LogP contribution in [0.2, 0.25) is 0 Å². The Morgan fingerprint density at radius 1 is 1.05 bits per heavy atom. The van der Waals surface area contributed by atoms with Crippen LogP contribution in [0.3, 0.4) is 0 Å². The van der Waals surface area contributed by atoms with E-state index in [4.69, 9.17) is 4.74 Å². The molecule has 3 heterocycles. The standard InChI is InChI=1S/C30H28N4O4/c1-18(19-7-5-4-6-8-19)31-27(35)20-9-11-21(12-10-20)34-28(36)30(2)26-23(15-16-33(30)29(34)37)24-17-22(38-3)13-14-25(24)32-26/h4-14,17-18,32H,15-16H2,1-3H3,(H,31,35). The molecule has 1 fully saturated rings. The maximum atomic E-state index is 13.9. The van der Waals surface area contributed by atoms with E-state index in [1.165, 1.54) is 4.90 Å². The van der Waals surface area contributed by atoms with E-state index in [9.17, 15) is 14.4 Å². The van der Waals surface area contributed by atoms with Gasteiger partial charge in [-0.2, -0.15) is 0 Å². The third-order valence-electron chi connectivity index (χ3n) is 7.80. The first-order valence-electron chi connectivity index (χ1n) is 12.6. The molecule has 2 aliphatic heterocycles. The molecule has 8 nitrogen and oxygen atoms in total. The number of carbonyl (C=O) groups excluding carboxylic acids is 3. The first-order valence-corrected chi connectivity index (χ1v) is 12.6. The van der Waals surface area contributed by atoms with E-state index in [0.29, 0.717) is 24.2 Å². The molecule has 2 N–H and O–H groups in total. The van der Waals surface area contributed by atoms with Crippen molar-refractivity contribution in [3.05, 3.63) is 95.2 Å². The molecule has 4 amide bonds. The molecule has 2 aliphatic rings. The third-order valence-corrected chi connectivity index (χ3v) is 7.80. The molecule has 8 heteroatoms. The number of urea groups is 1. The highest BCUT2D eigenvalue weighted by atomic mass is 16.5. The Balaban J connectivity index is 1.28. The number of hydrogen-bond donors (Lipinski definition) is 2. The van der Waals surface area contributed by atoms with Gasteiger partial charge in [-0.15, -0.1) is 0 Å². The van der Waals surface area contributed by atoms with Crippen molar-refractivity contribution in [3.8, 4) is 5.75 Å². The largest absolute Gasteiger partial charge is 0.497 e. The highest BCUT2D eigenvalue weighted by Gasteiger charge is 2.59. The van der Waals surface area contributed by atoms with E-state index >= 15 is 0 Å². The van der Waals surface area contributed by atoms with Gasteiger partial charge >= 0.3 is 6.03 Å². The lowest BCUT2D eigenvalue weighted by atomic mass is 9.87. The summed E-state index contributed by atoms with van der Waals surface area (Å²) >= 11 is 0. The number of rotatable bonds is 5. The highest BCUT2D eigenvalue weighted by Crippen LogP contribution is 2.45. The number of aromatic amines is 1. The normalized spacial score (nSPS) is 19.3. The van der Waals surface area contributed by atoms with Gasteiger partial charge in [-0.05, 0) is 73.9 Å². The predicted molar refractivity (Wildman–Crippen MR) is 144 cm³/mol. The fraction of sp³-hybridized carbons (Fsp3) is 0.233. The van der Waals surface area contributed by atoms with Crippen molar-refractivity contribution < 1.29 is 19.1 Å². The van der Waals surface area contributed by atoms with Gasteiger partial charge in [0.25, 0.3) is 11.8 Å². The number of hydrogen-bond acceptors (Lipinski definition) is 4. The van der Waals surface area contributed by atoms with Crippen LogP contribution in [0.25, 0.3) is 10.9 Å². The summed E-state index contributed by atoms with van der Waals surface area (Å²) in [7, 11) is 1.62. The zero-order chi connectivity index (χ0) is 26.6. The SMILES string of the molecule is COc1ccc2[nH]c3c(c2c1)CCN1C(=O)N(c2ccc(C(=O)NC(C)c4ccccc4)cc2)C(=O)C31C. The smallest absolute Gasteiger partial charge is 0.332 e. The quantitative estimate of drug-likeness (QED) is 0.375. The van der Waals surface area contributed by atoms with Crippen LogP contribution in [0.15, 0.2) is 72.8 Å². The molecule has 3 aromatic carbocycles. The zero-order valence-corrected chi connectivity index (χ0v) is 21.4. The Labute approximate surface area is 220 Å². The van der Waals surface area contributed by atoms with E-state index in [1.807, 2.05) is 55.5 Å². The average Bonchev–Trinajstić information content (AvgIpc) is 3.41. The number of H-pyrrole nitrogens is 1. The minimum atomic E-state index is -1.15. The van der Waals surface area contributed by atoms with Crippen LogP contribution in [-0.2, 0) is 16.8 Å². The fourth-order valence-corrected chi connectivity index (χ4v) is 5.64. The van der Waals surface area contributed by atoms with E-state index < -0.39 is 5.54 Å². The zero-order valence-electron chi connectivity index (χ0n) is 21.4. The predicted octanol–water partition coefficient (Wildman–Crippen LogP) is 4.91. The molecular formula is C30H28N4O4. The van der Waals surface area contributed by atoms with Crippen LogP contribution in [0.1, 0.15) is 47.1 Å². The molecule has 4 aromatic rings. The average molecular weight is 509 g/mol. The molecule has 0 bridgehead atoms. The van der Waals surface area contributed by atoms with Crippen LogP contribution in [0, 0.1) is 0 Å². The number of amides is 4. The molecule has 1 saturated heterocycles. The van der Waals surface area contributed by atoms with E-state index in [-0.39, 0.29) is 23.9 Å². The summed E-state index contributed by atoms with van der Waals surface area (Å²) in [5.74, 6) is 0.191. The molecular weight excluding hydrogens is 480 g/mol. The maximum Gasteiger partial charge on any atom is 0.332 e. The Hall–Kier alpha value is -4.59. The van der Waals surface area contributed by atoms with Gasteiger partial charge in [0.1, 0.15) is 5.75 Å². The van der Waals surface area contributed by atoms with E-state index in [2.05, 4.69) is 10.3 Å². The molecule has 0 saturated carbocycles. The van der Waals surface area contributed by atoms with E-state index in [1.54, 1.807) is 43.2 Å². The number of aromatic nitrogens is 1. The number of carbonyl (C=O) groups is 3. The fourth-order valence-electron chi connectivity index (χ4n) is 5.64. The number of anilines is 1. The number of nitrogens with zero attached hydrogens (tertiary/aromatic N) is 2. The molecule has 0 aliphatic carbocycles. The second kappa shape index (κ2) is 8.76. The molecule has 1 aromatic heterocycles. The second-order valence-electron chi connectivity index (χ2n) is 9.94. The van der Waals surface area contributed by atoms with Gasteiger partial charge in [-0.1, -0.05) is 30.3 Å². The second-order valence-corrected chi connectivity index (χ2v) is 9.94. The van der Waals surface area contributed by atoms with Crippen molar-refractivity contribution in [2.24, 2.45) is 0 Å². The maximum absolute atomic E-state index is 13.9. The monoisotopic (exact) mass is 508 g/mol. The lowest BCUT2D eigenvalue weighted by molar-refractivity contribution is -0.125. The first-order chi connectivity index (χ1) is 18.3. The number of benzene rings is 3. The Bertz CT molecular complexity index is 1580. The summed E-state index contributed by atoms with van der Waals surface area (Å²) in [5.41, 5.74) is 3.40. The van der Waals surface area contributed by atoms with Crippen molar-refractivity contribution in [1.29, 1.82) is 0 Å². The summed E-state index contributed by atoms with van der Waals surface area (Å²) in [6.45, 7) is 4.14. The molecule has 2 unspecified atom stereocenters. The molecule has 192 valence electrons. The van der Waals surface area contributed by atoms with Gasteiger partial charge in [0.15, 0.2) is 5.54 Å². The summed E-state index contributed by atoms with van der Waals surface area (Å²) in [4.78, 5) is 46.5. The number of imide groups is 1. The van der Waals surface area contributed by atoms with Crippen molar-refractivity contribution in [1.82, 2.24) is 15.2 Å². The van der Waals surface area contributed by atoms with Crippen molar-refractivity contribution >= 4 is 34.4 Å². The third kappa shape index (κ3) is 3.48. The van der Waals surface area contributed by atoms with Gasteiger partial charge in [0.2, 0.25) is 0 Å². The summed E-state index contributed by atoms with van der Waals surface area (Å²) in [6.07, 6.45) is 0.629. The molecule has 38 heavy (non-hydrogen) atoms. The van der Waals surface area contributed by atoms with Crippen LogP contribution in [0.5, 0.6) is 5.75 Å². The lowest BCUT2D eigenvalue weighted by Gasteiger charge is -2.35.